The van der Waals surface area contributed by atoms with Crippen molar-refractivity contribution in [3.05, 3.63) is 40.4 Å². The summed E-state index contributed by atoms with van der Waals surface area (Å²) in [5.74, 6) is 0.715. The van der Waals surface area contributed by atoms with Crippen LogP contribution in [0.2, 0.25) is 0 Å². The lowest BCUT2D eigenvalue weighted by atomic mass is 9.97. The Morgan fingerprint density at radius 3 is 2.91 bits per heavy atom. The van der Waals surface area contributed by atoms with Crippen LogP contribution >= 0.6 is 11.3 Å². The number of rotatable bonds is 5. The lowest BCUT2D eigenvalue weighted by Crippen LogP contribution is -2.51. The number of ether oxygens (including phenoxy) is 1. The smallest absolute Gasteiger partial charge is 0.320 e. The average Bonchev–Trinajstić information content (AvgIpc) is 3.43. The van der Waals surface area contributed by atoms with Crippen molar-refractivity contribution < 1.29 is 18.7 Å². The van der Waals surface area contributed by atoms with Crippen LogP contribution in [0.1, 0.15) is 39.8 Å². The van der Waals surface area contributed by atoms with Crippen molar-refractivity contribution >= 4 is 34.3 Å². The maximum Gasteiger partial charge on any atom is 0.320 e. The number of ketones is 1. The number of benzene rings is 1. The monoisotopic (exact) mass is 466 g/mol. The Morgan fingerprint density at radius 1 is 1.21 bits per heavy atom. The number of aromatic nitrogens is 3. The molecule has 4 heterocycles. The second kappa shape index (κ2) is 7.92. The van der Waals surface area contributed by atoms with Crippen LogP contribution in [0, 0.1) is 5.92 Å². The first-order chi connectivity index (χ1) is 16.1. The predicted octanol–water partition coefficient (Wildman–Crippen LogP) is 3.04. The minimum Gasteiger partial charge on any atom is -0.403 e. The second-order valence-electron chi connectivity index (χ2n) is 8.46. The quantitative estimate of drug-likeness (QED) is 0.550. The third kappa shape index (κ3) is 3.66. The molecule has 2 fully saturated rings. The van der Waals surface area contributed by atoms with E-state index in [-0.39, 0.29) is 29.8 Å². The van der Waals surface area contributed by atoms with Crippen LogP contribution in [0.15, 0.2) is 28.7 Å². The Labute approximate surface area is 193 Å². The molecule has 0 spiro atoms. The lowest BCUT2D eigenvalue weighted by Gasteiger charge is -2.43. The van der Waals surface area contributed by atoms with Gasteiger partial charge in [0.25, 0.3) is 0 Å². The second-order valence-corrected chi connectivity index (χ2v) is 9.49. The number of thiazole rings is 1. The first-order valence-corrected chi connectivity index (χ1v) is 11.7. The number of carbonyl (C=O) groups is 2. The number of nitrogens with one attached hydrogen (secondary N) is 2. The summed E-state index contributed by atoms with van der Waals surface area (Å²) in [7, 11) is 1.57. The highest BCUT2D eigenvalue weighted by molar-refractivity contribution is 7.16. The number of morpholine rings is 1. The van der Waals surface area contributed by atoms with Crippen molar-refractivity contribution in [1.29, 1.82) is 0 Å². The van der Waals surface area contributed by atoms with E-state index in [1.165, 1.54) is 11.3 Å². The van der Waals surface area contributed by atoms with Gasteiger partial charge in [-0.25, -0.2) is 9.78 Å². The molecule has 2 amide bonds. The third-order valence-corrected chi connectivity index (χ3v) is 7.31. The molecule has 0 radical (unpaired) electrons. The summed E-state index contributed by atoms with van der Waals surface area (Å²) in [5, 5.41) is 14.5. The molecular formula is C22H22N6O4S. The summed E-state index contributed by atoms with van der Waals surface area (Å²) in [4.78, 5) is 31.9. The van der Waals surface area contributed by atoms with E-state index in [1.54, 1.807) is 7.05 Å². The van der Waals surface area contributed by atoms with Crippen LogP contribution in [0.25, 0.3) is 11.5 Å². The molecule has 1 aliphatic carbocycles. The molecule has 0 unspecified atom stereocenters. The molecule has 1 saturated heterocycles. The van der Waals surface area contributed by atoms with Gasteiger partial charge in [-0.2, -0.15) is 0 Å². The van der Waals surface area contributed by atoms with Crippen LogP contribution < -0.4 is 15.5 Å². The number of anilines is 2. The van der Waals surface area contributed by atoms with Crippen LogP contribution in [-0.4, -0.2) is 53.3 Å². The highest BCUT2D eigenvalue weighted by atomic mass is 32.1. The molecule has 2 bridgehead atoms. The zero-order valence-electron chi connectivity index (χ0n) is 17.9. The van der Waals surface area contributed by atoms with Gasteiger partial charge in [0.2, 0.25) is 5.89 Å². The lowest BCUT2D eigenvalue weighted by molar-refractivity contribution is 0.0578. The molecule has 2 aliphatic heterocycles. The fraction of sp³-hybridized carbons (Fsp3) is 0.409. The molecular weight excluding hydrogens is 444 g/mol. The van der Waals surface area contributed by atoms with Crippen molar-refractivity contribution in [1.82, 2.24) is 20.5 Å². The normalized spacial score (nSPS) is 21.4. The van der Waals surface area contributed by atoms with Gasteiger partial charge in [0.1, 0.15) is 0 Å². The average molecular weight is 467 g/mol. The molecule has 33 heavy (non-hydrogen) atoms. The van der Waals surface area contributed by atoms with E-state index in [4.69, 9.17) is 9.15 Å². The fourth-order valence-electron chi connectivity index (χ4n) is 4.41. The number of hydrogen-bond acceptors (Lipinski definition) is 9. The van der Waals surface area contributed by atoms with Crippen molar-refractivity contribution in [2.75, 3.05) is 30.5 Å². The van der Waals surface area contributed by atoms with Gasteiger partial charge in [0.15, 0.2) is 10.9 Å². The number of urea groups is 1. The topological polar surface area (TPSA) is 122 Å². The summed E-state index contributed by atoms with van der Waals surface area (Å²) < 4.78 is 11.9. The standard InChI is InChI=1S/C22H22N6O4S/c1-23-20(30)25-21-24-15-8-14-9-31-10-16(18(15)33-21)28(14)22-27-26-19(32-22)13-4-2-3-12(7-13)17(29)11-5-6-11/h2-4,7,11,14,16H,5-6,8-10H2,1H3,(H2,23,24,25,30)/t14-,16-/m0/s1. The van der Waals surface area contributed by atoms with Gasteiger partial charge in [-0.15, -0.1) is 5.10 Å². The van der Waals surface area contributed by atoms with E-state index in [2.05, 4.69) is 30.7 Å². The van der Waals surface area contributed by atoms with E-state index in [0.29, 0.717) is 42.2 Å². The van der Waals surface area contributed by atoms with E-state index >= 15 is 0 Å². The maximum atomic E-state index is 12.5. The van der Waals surface area contributed by atoms with Crippen LogP contribution in [-0.2, 0) is 11.2 Å². The maximum absolute atomic E-state index is 12.5. The van der Waals surface area contributed by atoms with Crippen LogP contribution in [0.5, 0.6) is 0 Å². The van der Waals surface area contributed by atoms with Crippen LogP contribution in [0.3, 0.4) is 0 Å². The number of nitrogens with zero attached hydrogens (tertiary/aromatic N) is 4. The molecule has 2 aromatic heterocycles. The van der Waals surface area contributed by atoms with Crippen molar-refractivity contribution in [2.24, 2.45) is 5.92 Å². The zero-order valence-corrected chi connectivity index (χ0v) is 18.7. The van der Waals surface area contributed by atoms with E-state index in [1.807, 2.05) is 24.3 Å². The summed E-state index contributed by atoms with van der Waals surface area (Å²) in [6.07, 6.45) is 2.59. The number of Topliss-reactive ketones (excluding diaryl/α,β-unsaturated/α-hetero) is 1. The van der Waals surface area contributed by atoms with Gasteiger partial charge in [0.05, 0.1) is 35.9 Å². The summed E-state index contributed by atoms with van der Waals surface area (Å²) in [6.45, 7) is 0.989. The van der Waals surface area contributed by atoms with Crippen molar-refractivity contribution in [3.8, 4) is 11.5 Å². The molecule has 10 nitrogen and oxygen atoms in total. The van der Waals surface area contributed by atoms with Gasteiger partial charge >= 0.3 is 12.0 Å². The van der Waals surface area contributed by atoms with Gasteiger partial charge < -0.3 is 19.4 Å². The third-order valence-electron chi connectivity index (χ3n) is 6.20. The van der Waals surface area contributed by atoms with Gasteiger partial charge in [-0.05, 0) is 25.0 Å². The van der Waals surface area contributed by atoms with Crippen molar-refractivity contribution in [2.45, 2.75) is 31.3 Å². The van der Waals surface area contributed by atoms with Gasteiger partial charge in [-0.3, -0.25) is 10.1 Å². The number of hydrogen-bond donors (Lipinski definition) is 2. The minimum absolute atomic E-state index is 0.00211. The molecule has 2 atom stereocenters. The Kier molecular flexibility index (Phi) is 4.88. The van der Waals surface area contributed by atoms with Crippen molar-refractivity contribution in [3.63, 3.8) is 0 Å². The Balaban J connectivity index is 1.29. The molecule has 3 aromatic rings. The number of amides is 2. The molecule has 170 valence electrons. The summed E-state index contributed by atoms with van der Waals surface area (Å²) in [5.41, 5.74) is 2.38. The molecule has 11 heteroatoms. The minimum atomic E-state index is -0.305. The zero-order chi connectivity index (χ0) is 22.5. The highest BCUT2D eigenvalue weighted by Crippen LogP contribution is 2.43. The summed E-state index contributed by atoms with van der Waals surface area (Å²) >= 11 is 1.43. The predicted molar refractivity (Wildman–Crippen MR) is 121 cm³/mol. The van der Waals surface area contributed by atoms with E-state index in [9.17, 15) is 9.59 Å². The van der Waals surface area contributed by atoms with E-state index in [0.717, 1.165) is 29.0 Å². The largest absolute Gasteiger partial charge is 0.403 e. The molecule has 1 saturated carbocycles. The molecule has 2 N–H and O–H groups in total. The molecule has 3 aliphatic rings. The number of carbonyl (C=O) groups excluding carboxylic acids is 2. The SMILES string of the molecule is CNC(=O)Nc1nc2c(s1)[C@@H]1COC[C@H](C2)N1c1nnc(-c2cccc(C(=O)C3CC3)c2)o1. The molecule has 1 aromatic carbocycles. The van der Waals surface area contributed by atoms with Crippen LogP contribution in [0.4, 0.5) is 15.9 Å². The Hall–Kier alpha value is -3.31. The number of fused-ring (bicyclic) bond motifs is 4. The first-order valence-electron chi connectivity index (χ1n) is 10.9. The van der Waals surface area contributed by atoms with E-state index < -0.39 is 0 Å². The fourth-order valence-corrected chi connectivity index (χ4v) is 5.48. The first kappa shape index (κ1) is 20.3. The Bertz CT molecular complexity index is 1240. The van der Waals surface area contributed by atoms with Gasteiger partial charge in [0, 0.05) is 30.5 Å². The molecule has 6 rings (SSSR count). The van der Waals surface area contributed by atoms with Gasteiger partial charge in [-0.1, -0.05) is 28.6 Å². The highest BCUT2D eigenvalue weighted by Gasteiger charge is 2.43. The Morgan fingerprint density at radius 2 is 2.09 bits per heavy atom. The summed E-state index contributed by atoms with van der Waals surface area (Å²) in [6, 6.07) is 7.38.